The lowest BCUT2D eigenvalue weighted by Crippen LogP contribution is -2.53. The third-order valence-corrected chi connectivity index (χ3v) is 5.78. The second kappa shape index (κ2) is 6.90. The van der Waals surface area contributed by atoms with E-state index >= 15 is 0 Å². The number of ether oxygens (including phenoxy) is 1. The molecule has 0 radical (unpaired) electrons. The van der Waals surface area contributed by atoms with Crippen molar-refractivity contribution in [3.05, 3.63) is 64.2 Å². The molecule has 1 saturated heterocycles. The number of aliphatic hydroxyl groups excluding tert-OH is 1. The molecule has 2 atom stereocenters. The van der Waals surface area contributed by atoms with Crippen LogP contribution < -0.4 is 4.74 Å². The first-order chi connectivity index (χ1) is 13.3. The van der Waals surface area contributed by atoms with Crippen LogP contribution in [-0.4, -0.2) is 39.9 Å². The molecule has 146 valence electrons. The molecule has 2 unspecified atom stereocenters. The van der Waals surface area contributed by atoms with E-state index in [1.807, 2.05) is 0 Å². The molecule has 4 rings (SSSR count). The highest BCUT2D eigenvalue weighted by molar-refractivity contribution is 6.30. The summed E-state index contributed by atoms with van der Waals surface area (Å²) in [6.45, 7) is 4.20. The molecule has 28 heavy (non-hydrogen) atoms. The summed E-state index contributed by atoms with van der Waals surface area (Å²) in [5.74, 6) is 0.458. The van der Waals surface area contributed by atoms with Crippen molar-refractivity contribution in [2.45, 2.75) is 44.4 Å². The average Bonchev–Trinajstić information content (AvgIpc) is 3.08. The lowest BCUT2D eigenvalue weighted by atomic mass is 9.84. The van der Waals surface area contributed by atoms with Crippen LogP contribution in [0.15, 0.2) is 42.5 Å². The molecule has 0 saturated carbocycles. The maximum atomic E-state index is 12.9. The van der Waals surface area contributed by atoms with Gasteiger partial charge in [-0.05, 0) is 62.7 Å². The first kappa shape index (κ1) is 19.0. The van der Waals surface area contributed by atoms with Crippen LogP contribution >= 0.6 is 11.6 Å². The van der Waals surface area contributed by atoms with Crippen molar-refractivity contribution in [2.24, 2.45) is 0 Å². The molecule has 2 aromatic carbocycles. The van der Waals surface area contributed by atoms with Gasteiger partial charge in [0.05, 0.1) is 6.04 Å². The molecule has 2 aliphatic rings. The quantitative estimate of drug-likeness (QED) is 0.798. The number of carbonyl (C=O) groups excluding carboxylic acids is 2. The molecule has 0 spiro atoms. The zero-order chi connectivity index (χ0) is 20.1. The van der Waals surface area contributed by atoms with Gasteiger partial charge >= 0.3 is 0 Å². The zero-order valence-corrected chi connectivity index (χ0v) is 16.6. The van der Waals surface area contributed by atoms with E-state index in [1.165, 1.54) is 0 Å². The normalized spacial score (nSPS) is 23.3. The Hall–Kier alpha value is -2.37. The number of ketones is 1. The van der Waals surface area contributed by atoms with E-state index < -0.39 is 17.7 Å². The van der Waals surface area contributed by atoms with E-state index in [9.17, 15) is 14.7 Å². The molecular formula is C22H22ClNO4. The Balaban J connectivity index is 1.77. The summed E-state index contributed by atoms with van der Waals surface area (Å²) in [6, 6.07) is 11.4. The van der Waals surface area contributed by atoms with E-state index in [-0.39, 0.29) is 11.7 Å². The number of hydrogen-bond donors (Lipinski definition) is 1. The summed E-state index contributed by atoms with van der Waals surface area (Å²) in [7, 11) is 0. The number of likely N-dealkylation sites (tertiary alicyclic amines) is 1. The van der Waals surface area contributed by atoms with Gasteiger partial charge in [-0.25, -0.2) is 0 Å². The van der Waals surface area contributed by atoms with Crippen LogP contribution in [0.5, 0.6) is 5.75 Å². The predicted octanol–water partition coefficient (Wildman–Crippen LogP) is 3.77. The molecule has 2 aliphatic heterocycles. The molecule has 0 bridgehead atoms. The average molecular weight is 400 g/mol. The lowest BCUT2D eigenvalue weighted by Gasteiger charge is -2.45. The van der Waals surface area contributed by atoms with Crippen LogP contribution in [0.4, 0.5) is 0 Å². The third kappa shape index (κ3) is 3.19. The van der Waals surface area contributed by atoms with Crippen LogP contribution in [-0.2, 0) is 4.79 Å². The van der Waals surface area contributed by atoms with E-state index in [2.05, 4.69) is 0 Å². The second-order valence-electron chi connectivity index (χ2n) is 7.87. The van der Waals surface area contributed by atoms with Gasteiger partial charge < -0.3 is 14.7 Å². The Morgan fingerprint density at radius 3 is 2.50 bits per heavy atom. The molecule has 1 N–H and O–H groups in total. The van der Waals surface area contributed by atoms with E-state index in [4.69, 9.17) is 16.3 Å². The second-order valence-corrected chi connectivity index (χ2v) is 8.31. The Morgan fingerprint density at radius 1 is 1.18 bits per heavy atom. The van der Waals surface area contributed by atoms with Crippen molar-refractivity contribution in [2.75, 3.05) is 6.54 Å². The minimum atomic E-state index is -0.900. The summed E-state index contributed by atoms with van der Waals surface area (Å²) in [6.07, 6.45) is 0.341. The van der Waals surface area contributed by atoms with Crippen molar-refractivity contribution in [1.82, 2.24) is 4.90 Å². The molecule has 0 aliphatic carbocycles. The summed E-state index contributed by atoms with van der Waals surface area (Å²) < 4.78 is 6.00. The standard InChI is InChI=1S/C22H22ClNO4/c1-22(2)21(27)19(24-11-3-4-18(24)25)16-12-14(7-10-17(16)28-22)20(26)13-5-8-15(23)9-6-13/h5-10,12,19,21,27H,3-4,11H2,1-2H3. The lowest BCUT2D eigenvalue weighted by molar-refractivity contribution is -0.139. The van der Waals surface area contributed by atoms with Crippen molar-refractivity contribution < 1.29 is 19.4 Å². The number of hydrogen-bond acceptors (Lipinski definition) is 4. The SMILES string of the molecule is CC1(C)Oc2ccc(C(=O)c3ccc(Cl)cc3)cc2C(N2CCCC2=O)C1O. The fourth-order valence-corrected chi connectivity index (χ4v) is 4.10. The van der Waals surface area contributed by atoms with Crippen LogP contribution in [0.25, 0.3) is 0 Å². The molecule has 1 amide bonds. The van der Waals surface area contributed by atoms with E-state index in [0.717, 1.165) is 6.42 Å². The number of aliphatic hydroxyl groups is 1. The number of nitrogens with zero attached hydrogens (tertiary/aromatic N) is 1. The largest absolute Gasteiger partial charge is 0.485 e. The van der Waals surface area contributed by atoms with Crippen molar-refractivity contribution in [3.63, 3.8) is 0 Å². The van der Waals surface area contributed by atoms with Crippen LogP contribution in [0, 0.1) is 0 Å². The monoisotopic (exact) mass is 399 g/mol. The minimum absolute atomic E-state index is 0.0159. The molecule has 0 aromatic heterocycles. The number of carbonyl (C=O) groups is 2. The molecule has 2 aromatic rings. The van der Waals surface area contributed by atoms with Gasteiger partial charge in [0.2, 0.25) is 5.91 Å². The number of amides is 1. The molecule has 2 heterocycles. The highest BCUT2D eigenvalue weighted by Crippen LogP contribution is 2.44. The van der Waals surface area contributed by atoms with Crippen LogP contribution in [0.1, 0.15) is 54.2 Å². The molecule has 1 fully saturated rings. The van der Waals surface area contributed by atoms with Crippen molar-refractivity contribution in [3.8, 4) is 5.75 Å². The third-order valence-electron chi connectivity index (χ3n) is 5.53. The fourth-order valence-electron chi connectivity index (χ4n) is 3.98. The summed E-state index contributed by atoms with van der Waals surface area (Å²) in [5.41, 5.74) is 0.827. The van der Waals surface area contributed by atoms with Gasteiger partial charge in [0.25, 0.3) is 0 Å². The highest BCUT2D eigenvalue weighted by Gasteiger charge is 2.47. The smallest absolute Gasteiger partial charge is 0.223 e. The van der Waals surface area contributed by atoms with Gasteiger partial charge in [-0.3, -0.25) is 9.59 Å². The number of fused-ring (bicyclic) bond motifs is 1. The molecule has 6 heteroatoms. The van der Waals surface area contributed by atoms with Crippen molar-refractivity contribution >= 4 is 23.3 Å². The first-order valence-corrected chi connectivity index (χ1v) is 9.76. The Labute approximate surface area is 168 Å². The summed E-state index contributed by atoms with van der Waals surface area (Å²) in [4.78, 5) is 27.0. The summed E-state index contributed by atoms with van der Waals surface area (Å²) >= 11 is 5.91. The van der Waals surface area contributed by atoms with Gasteiger partial charge in [-0.1, -0.05) is 11.6 Å². The van der Waals surface area contributed by atoms with E-state index in [1.54, 1.807) is 61.2 Å². The maximum absolute atomic E-state index is 12.9. The Kier molecular flexibility index (Phi) is 4.68. The Morgan fingerprint density at radius 2 is 1.86 bits per heavy atom. The van der Waals surface area contributed by atoms with Gasteiger partial charge in [-0.15, -0.1) is 0 Å². The number of benzene rings is 2. The maximum Gasteiger partial charge on any atom is 0.223 e. The Bertz CT molecular complexity index is 938. The predicted molar refractivity (Wildman–Crippen MR) is 106 cm³/mol. The molecule has 5 nitrogen and oxygen atoms in total. The van der Waals surface area contributed by atoms with Gasteiger partial charge in [0.15, 0.2) is 5.78 Å². The zero-order valence-electron chi connectivity index (χ0n) is 15.8. The number of rotatable bonds is 3. The van der Waals surface area contributed by atoms with Gasteiger partial charge in [0.1, 0.15) is 17.5 Å². The first-order valence-electron chi connectivity index (χ1n) is 9.39. The summed E-state index contributed by atoms with van der Waals surface area (Å²) in [5, 5.41) is 11.5. The molecular weight excluding hydrogens is 378 g/mol. The van der Waals surface area contributed by atoms with Crippen LogP contribution in [0.3, 0.4) is 0 Å². The fraction of sp³-hybridized carbons (Fsp3) is 0.364. The van der Waals surface area contributed by atoms with Gasteiger partial charge in [0, 0.05) is 34.7 Å². The van der Waals surface area contributed by atoms with E-state index in [0.29, 0.717) is 40.4 Å². The highest BCUT2D eigenvalue weighted by atomic mass is 35.5. The number of halogens is 1. The topological polar surface area (TPSA) is 66.8 Å². The minimum Gasteiger partial charge on any atom is -0.485 e. The van der Waals surface area contributed by atoms with Crippen LogP contribution in [0.2, 0.25) is 5.02 Å². The van der Waals surface area contributed by atoms with Crippen molar-refractivity contribution in [1.29, 1.82) is 0 Å². The van der Waals surface area contributed by atoms with Gasteiger partial charge in [-0.2, -0.15) is 0 Å².